The number of rotatable bonds is 4. The van der Waals surface area contributed by atoms with Crippen LogP contribution in [0.3, 0.4) is 0 Å². The smallest absolute Gasteiger partial charge is 0.320 e. The van der Waals surface area contributed by atoms with Crippen LogP contribution in [0.25, 0.3) is 0 Å². The molecule has 2 saturated carbocycles. The number of methoxy groups -OCH3 is 2. The standard InChI is InChI=1S/C25H28N2O5/c1-15-11-24(22(29)31-3)19(17-7-5-9-26-13-17)16(2)20(18-8-6-10-27-14-18)25(12-15,21(24)28)23(30)32-4/h5-10,13-16,19-20H,11-12H2,1-4H3. The SMILES string of the molecule is COC(=O)C12CC(C)CC(C(=O)OC)(C1=O)C(c1cccnc1)C(C)C2c1cccnc1. The molecule has 2 aromatic rings. The van der Waals surface area contributed by atoms with Crippen molar-refractivity contribution in [1.82, 2.24) is 9.97 Å². The van der Waals surface area contributed by atoms with E-state index in [0.717, 1.165) is 11.1 Å². The number of nitrogens with zero attached hydrogens (tertiary/aromatic N) is 2. The van der Waals surface area contributed by atoms with Gasteiger partial charge in [0.1, 0.15) is 10.8 Å². The highest BCUT2D eigenvalue weighted by Gasteiger charge is 2.74. The Bertz CT molecular complexity index is 948. The molecule has 0 aromatic carbocycles. The minimum atomic E-state index is -1.50. The Morgan fingerprint density at radius 2 is 1.31 bits per heavy atom. The van der Waals surface area contributed by atoms with Crippen molar-refractivity contribution < 1.29 is 23.9 Å². The van der Waals surface area contributed by atoms with Gasteiger partial charge < -0.3 is 9.47 Å². The second kappa shape index (κ2) is 8.11. The Morgan fingerprint density at radius 3 is 1.66 bits per heavy atom. The third-order valence-corrected chi connectivity index (χ3v) is 7.45. The Balaban J connectivity index is 2.07. The molecule has 7 heteroatoms. The number of hydrogen-bond acceptors (Lipinski definition) is 7. The molecule has 2 fully saturated rings. The zero-order chi connectivity index (χ0) is 23.1. The summed E-state index contributed by atoms with van der Waals surface area (Å²) in [4.78, 5) is 49.9. The molecule has 168 valence electrons. The first-order valence-electron chi connectivity index (χ1n) is 10.9. The van der Waals surface area contributed by atoms with Gasteiger partial charge in [-0.25, -0.2) is 0 Å². The summed E-state index contributed by atoms with van der Waals surface area (Å²) < 4.78 is 10.5. The van der Waals surface area contributed by atoms with Gasteiger partial charge in [-0.3, -0.25) is 24.4 Å². The van der Waals surface area contributed by atoms with Crippen molar-refractivity contribution in [2.45, 2.75) is 38.5 Å². The minimum absolute atomic E-state index is 0.0863. The van der Waals surface area contributed by atoms with E-state index in [-0.39, 0.29) is 11.8 Å². The molecule has 4 unspecified atom stereocenters. The molecule has 0 N–H and O–H groups in total. The predicted octanol–water partition coefficient (Wildman–Crippen LogP) is 3.31. The average Bonchev–Trinajstić information content (AvgIpc) is 2.81. The van der Waals surface area contributed by atoms with Crippen LogP contribution in [-0.4, -0.2) is 41.9 Å². The number of pyridine rings is 2. The van der Waals surface area contributed by atoms with Gasteiger partial charge in [-0.2, -0.15) is 0 Å². The van der Waals surface area contributed by atoms with E-state index in [2.05, 4.69) is 9.97 Å². The van der Waals surface area contributed by atoms with Crippen molar-refractivity contribution in [2.24, 2.45) is 22.7 Å². The van der Waals surface area contributed by atoms with Crippen molar-refractivity contribution >= 4 is 17.7 Å². The molecule has 2 heterocycles. The lowest BCUT2D eigenvalue weighted by Crippen LogP contribution is -2.67. The van der Waals surface area contributed by atoms with E-state index in [9.17, 15) is 14.4 Å². The van der Waals surface area contributed by atoms with Crippen molar-refractivity contribution in [2.75, 3.05) is 14.2 Å². The van der Waals surface area contributed by atoms with Gasteiger partial charge in [-0.05, 0) is 47.9 Å². The highest BCUT2D eigenvalue weighted by molar-refractivity contribution is 6.17. The molecule has 0 aliphatic heterocycles. The van der Waals surface area contributed by atoms with E-state index < -0.39 is 40.4 Å². The van der Waals surface area contributed by atoms with E-state index in [1.54, 1.807) is 36.9 Å². The number of ketones is 1. The molecule has 32 heavy (non-hydrogen) atoms. The molecule has 0 amide bonds. The van der Waals surface area contributed by atoms with Crippen LogP contribution >= 0.6 is 0 Å². The molecular formula is C25H28N2O5. The van der Waals surface area contributed by atoms with E-state index in [0.29, 0.717) is 12.8 Å². The van der Waals surface area contributed by atoms with Gasteiger partial charge in [0.05, 0.1) is 14.2 Å². The second-order valence-corrected chi connectivity index (χ2v) is 9.16. The summed E-state index contributed by atoms with van der Waals surface area (Å²) in [5, 5.41) is 0. The number of carbonyl (C=O) groups is 3. The predicted molar refractivity (Wildman–Crippen MR) is 115 cm³/mol. The maximum atomic E-state index is 14.5. The van der Waals surface area contributed by atoms with E-state index in [4.69, 9.17) is 9.47 Å². The lowest BCUT2D eigenvalue weighted by molar-refractivity contribution is -0.189. The molecule has 2 aliphatic rings. The zero-order valence-corrected chi connectivity index (χ0v) is 18.8. The fourth-order valence-corrected chi connectivity index (χ4v) is 6.65. The Kier molecular flexibility index (Phi) is 5.61. The van der Waals surface area contributed by atoms with Gasteiger partial charge in [-0.15, -0.1) is 0 Å². The van der Waals surface area contributed by atoms with Crippen LogP contribution in [0.2, 0.25) is 0 Å². The first-order chi connectivity index (χ1) is 15.3. The third-order valence-electron chi connectivity index (χ3n) is 7.45. The first kappa shape index (κ1) is 22.1. The molecule has 2 aliphatic carbocycles. The van der Waals surface area contributed by atoms with Gasteiger partial charge in [0, 0.05) is 36.6 Å². The molecular weight excluding hydrogens is 408 g/mol. The fraction of sp³-hybridized carbons (Fsp3) is 0.480. The number of fused-ring (bicyclic) bond motifs is 2. The lowest BCUT2D eigenvalue weighted by Gasteiger charge is -2.59. The van der Waals surface area contributed by atoms with Crippen molar-refractivity contribution in [3.8, 4) is 0 Å². The summed E-state index contributed by atoms with van der Waals surface area (Å²) in [7, 11) is 2.59. The highest BCUT2D eigenvalue weighted by Crippen LogP contribution is 2.67. The van der Waals surface area contributed by atoms with Crippen LogP contribution in [0, 0.1) is 22.7 Å². The van der Waals surface area contributed by atoms with Crippen molar-refractivity contribution in [3.63, 3.8) is 0 Å². The van der Waals surface area contributed by atoms with Gasteiger partial charge in [0.15, 0.2) is 5.78 Å². The molecule has 7 nitrogen and oxygen atoms in total. The average molecular weight is 437 g/mol. The molecule has 0 spiro atoms. The number of aromatic nitrogens is 2. The summed E-state index contributed by atoms with van der Waals surface area (Å²) in [6, 6.07) is 7.36. The van der Waals surface area contributed by atoms with Crippen LogP contribution in [-0.2, 0) is 23.9 Å². The van der Waals surface area contributed by atoms with Crippen molar-refractivity contribution in [1.29, 1.82) is 0 Å². The maximum absolute atomic E-state index is 14.5. The zero-order valence-electron chi connectivity index (χ0n) is 18.8. The maximum Gasteiger partial charge on any atom is 0.320 e. The van der Waals surface area contributed by atoms with Gasteiger partial charge >= 0.3 is 11.9 Å². The lowest BCUT2D eigenvalue weighted by atomic mass is 9.40. The normalized spacial score (nSPS) is 33.9. The topological polar surface area (TPSA) is 95.5 Å². The van der Waals surface area contributed by atoms with Crippen LogP contribution in [0.5, 0.6) is 0 Å². The first-order valence-corrected chi connectivity index (χ1v) is 10.9. The summed E-state index contributed by atoms with van der Waals surface area (Å²) in [5.74, 6) is -3.00. The number of ether oxygens (including phenoxy) is 2. The summed E-state index contributed by atoms with van der Waals surface area (Å²) in [6.07, 6.45) is 7.32. The monoisotopic (exact) mass is 436 g/mol. The summed E-state index contributed by atoms with van der Waals surface area (Å²) in [6.45, 7) is 3.96. The Hall–Kier alpha value is -3.09. The Morgan fingerprint density at radius 1 is 0.875 bits per heavy atom. The number of esters is 2. The molecule has 0 radical (unpaired) electrons. The fourth-order valence-electron chi connectivity index (χ4n) is 6.65. The molecule has 4 atom stereocenters. The molecule has 2 bridgehead atoms. The van der Waals surface area contributed by atoms with E-state index in [1.807, 2.05) is 26.0 Å². The van der Waals surface area contributed by atoms with Crippen LogP contribution < -0.4 is 0 Å². The largest absolute Gasteiger partial charge is 0.468 e. The van der Waals surface area contributed by atoms with Gasteiger partial charge in [-0.1, -0.05) is 26.0 Å². The minimum Gasteiger partial charge on any atom is -0.468 e. The molecule has 4 rings (SSSR count). The number of Topliss-reactive ketones (excluding diaryl/α,β-unsaturated/α-hetero) is 1. The second-order valence-electron chi connectivity index (χ2n) is 9.16. The highest BCUT2D eigenvalue weighted by atomic mass is 16.5. The van der Waals surface area contributed by atoms with Crippen LogP contribution in [0.1, 0.15) is 49.7 Å². The van der Waals surface area contributed by atoms with Gasteiger partial charge in [0.2, 0.25) is 0 Å². The third kappa shape index (κ3) is 2.90. The summed E-state index contributed by atoms with van der Waals surface area (Å²) in [5.41, 5.74) is -1.44. The summed E-state index contributed by atoms with van der Waals surface area (Å²) >= 11 is 0. The quantitative estimate of drug-likeness (QED) is 0.536. The van der Waals surface area contributed by atoms with E-state index >= 15 is 0 Å². The van der Waals surface area contributed by atoms with Crippen molar-refractivity contribution in [3.05, 3.63) is 60.2 Å². The number of carbonyl (C=O) groups excluding carboxylic acids is 3. The van der Waals surface area contributed by atoms with Crippen LogP contribution in [0.4, 0.5) is 0 Å². The molecule has 2 aromatic heterocycles. The van der Waals surface area contributed by atoms with Crippen LogP contribution in [0.15, 0.2) is 49.1 Å². The molecule has 0 saturated heterocycles. The van der Waals surface area contributed by atoms with E-state index in [1.165, 1.54) is 14.2 Å². The Labute approximate surface area is 187 Å². The number of hydrogen-bond donors (Lipinski definition) is 0. The van der Waals surface area contributed by atoms with Gasteiger partial charge in [0.25, 0.3) is 0 Å².